The monoisotopic (exact) mass is 286 g/mol. The number of hydrogen-bond acceptors (Lipinski definition) is 7. The van der Waals surface area contributed by atoms with E-state index in [9.17, 15) is 0 Å². The summed E-state index contributed by atoms with van der Waals surface area (Å²) in [5, 5.41) is 3.98. The maximum Gasteiger partial charge on any atom is 0.147 e. The molecule has 0 radical (unpaired) electrons. The average Bonchev–Trinajstić information content (AvgIpc) is 3.23. The Morgan fingerprint density at radius 1 is 1.25 bits per heavy atom. The summed E-state index contributed by atoms with van der Waals surface area (Å²) >= 11 is 1.39. The number of furan rings is 1. The van der Waals surface area contributed by atoms with Gasteiger partial charge in [-0.15, -0.1) is 0 Å². The van der Waals surface area contributed by atoms with Crippen LogP contribution in [0.3, 0.4) is 0 Å². The number of anilines is 1. The van der Waals surface area contributed by atoms with Crippen LogP contribution in [0.2, 0.25) is 0 Å². The minimum Gasteiger partial charge on any atom is -0.463 e. The van der Waals surface area contributed by atoms with Crippen molar-refractivity contribution in [1.82, 2.24) is 9.53 Å². The average molecular weight is 286 g/mol. The molecule has 0 saturated carbocycles. The number of hydrogen-bond donors (Lipinski definition) is 0. The molecule has 0 bridgehead atoms. The Hall–Kier alpha value is -2.41. The van der Waals surface area contributed by atoms with Gasteiger partial charge >= 0.3 is 0 Å². The minimum absolute atomic E-state index is 0.717. The van der Waals surface area contributed by atoms with Crippen LogP contribution in [-0.2, 0) is 0 Å². The highest BCUT2D eigenvalue weighted by molar-refractivity contribution is 7.10. The van der Waals surface area contributed by atoms with Crippen molar-refractivity contribution in [2.45, 2.75) is 0 Å². The number of nitrogens with zero attached hydrogens (tertiary/aromatic N) is 4. The third-order valence-electron chi connectivity index (χ3n) is 3.07. The molecule has 0 aromatic carbocycles. The summed E-state index contributed by atoms with van der Waals surface area (Å²) in [7, 11) is 0. The van der Waals surface area contributed by atoms with Crippen molar-refractivity contribution < 1.29 is 8.94 Å². The lowest BCUT2D eigenvalue weighted by Crippen LogP contribution is -2.19. The molecule has 20 heavy (non-hydrogen) atoms. The van der Waals surface area contributed by atoms with Gasteiger partial charge in [0.15, 0.2) is 0 Å². The van der Waals surface area contributed by atoms with Gasteiger partial charge in [0.25, 0.3) is 0 Å². The van der Waals surface area contributed by atoms with Gasteiger partial charge in [-0.3, -0.25) is 4.99 Å². The van der Waals surface area contributed by atoms with Crippen LogP contribution in [0.25, 0.3) is 22.0 Å². The molecule has 0 N–H and O–H groups in total. The summed E-state index contributed by atoms with van der Waals surface area (Å²) in [6.07, 6.45) is 5.04. The van der Waals surface area contributed by atoms with Crippen LogP contribution in [0, 0.1) is 0 Å². The van der Waals surface area contributed by atoms with E-state index in [1.807, 2.05) is 18.5 Å². The predicted molar refractivity (Wildman–Crippen MR) is 76.0 cm³/mol. The Balaban J connectivity index is 1.90. The van der Waals surface area contributed by atoms with Gasteiger partial charge in [0.1, 0.15) is 28.3 Å². The maximum absolute atomic E-state index is 5.51. The molecule has 6 nitrogen and oxygen atoms in total. The second kappa shape index (κ2) is 4.61. The molecule has 7 heteroatoms. The second-order valence-electron chi connectivity index (χ2n) is 4.29. The standard InChI is InChI=1S/C13H10N4O2S/c1-2-10(18-6-1)13-12(17-5-4-14-8-17)11(16-20-13)9-3-7-19-15-9/h1-3,6-8H,4-5H2. The molecule has 0 spiro atoms. The third-order valence-corrected chi connectivity index (χ3v) is 3.92. The van der Waals surface area contributed by atoms with Gasteiger partial charge < -0.3 is 13.8 Å². The van der Waals surface area contributed by atoms with Gasteiger partial charge in [-0.25, -0.2) is 0 Å². The molecule has 4 rings (SSSR count). The SMILES string of the molecule is C1=NCCN1c1c(-c2ccon2)nsc1-c1ccco1. The fourth-order valence-electron chi connectivity index (χ4n) is 2.17. The summed E-state index contributed by atoms with van der Waals surface area (Å²) < 4.78 is 14.9. The largest absolute Gasteiger partial charge is 0.463 e. The van der Waals surface area contributed by atoms with Gasteiger partial charge in [0, 0.05) is 12.6 Å². The topological polar surface area (TPSA) is 67.7 Å². The molecule has 0 atom stereocenters. The molecule has 1 aliphatic heterocycles. The van der Waals surface area contributed by atoms with Crippen LogP contribution < -0.4 is 4.90 Å². The molecule has 0 fully saturated rings. The fourth-order valence-corrected chi connectivity index (χ4v) is 3.04. The number of aliphatic imine (C=N–C) groups is 1. The summed E-state index contributed by atoms with van der Waals surface area (Å²) in [5.41, 5.74) is 2.48. The third kappa shape index (κ3) is 1.75. The zero-order chi connectivity index (χ0) is 13.4. The lowest BCUT2D eigenvalue weighted by Gasteiger charge is -2.14. The van der Waals surface area contributed by atoms with Crippen LogP contribution in [0.5, 0.6) is 0 Å². The summed E-state index contributed by atoms with van der Waals surface area (Å²) in [4.78, 5) is 7.32. The molecule has 0 saturated heterocycles. The van der Waals surface area contributed by atoms with Crippen LogP contribution in [0.15, 0.2) is 44.7 Å². The van der Waals surface area contributed by atoms with Crippen LogP contribution in [0.4, 0.5) is 5.69 Å². The van der Waals surface area contributed by atoms with E-state index in [0.29, 0.717) is 5.69 Å². The highest BCUT2D eigenvalue weighted by Crippen LogP contribution is 2.42. The van der Waals surface area contributed by atoms with E-state index < -0.39 is 0 Å². The Kier molecular flexibility index (Phi) is 2.63. The fraction of sp³-hybridized carbons (Fsp3) is 0.154. The molecular weight excluding hydrogens is 276 g/mol. The Morgan fingerprint density at radius 2 is 2.25 bits per heavy atom. The first kappa shape index (κ1) is 11.4. The quantitative estimate of drug-likeness (QED) is 0.740. The van der Waals surface area contributed by atoms with Crippen molar-refractivity contribution in [2.24, 2.45) is 4.99 Å². The lowest BCUT2D eigenvalue weighted by molar-refractivity contribution is 0.422. The smallest absolute Gasteiger partial charge is 0.147 e. The lowest BCUT2D eigenvalue weighted by atomic mass is 10.2. The Labute approximate surface area is 118 Å². The van der Waals surface area contributed by atoms with Crippen LogP contribution in [0.1, 0.15) is 0 Å². The first-order valence-corrected chi connectivity index (χ1v) is 6.92. The Morgan fingerprint density at radius 3 is 2.95 bits per heavy atom. The van der Waals surface area contributed by atoms with E-state index in [2.05, 4.69) is 19.4 Å². The van der Waals surface area contributed by atoms with Crippen molar-refractivity contribution in [2.75, 3.05) is 18.0 Å². The van der Waals surface area contributed by atoms with Gasteiger partial charge in [0.2, 0.25) is 0 Å². The van der Waals surface area contributed by atoms with E-state index in [1.54, 1.807) is 18.6 Å². The predicted octanol–water partition coefficient (Wildman–Crippen LogP) is 2.91. The van der Waals surface area contributed by atoms with Crippen LogP contribution in [-0.4, -0.2) is 29.0 Å². The van der Waals surface area contributed by atoms with Gasteiger partial charge in [-0.2, -0.15) is 4.37 Å². The number of aromatic nitrogens is 2. The molecule has 3 aromatic heterocycles. The van der Waals surface area contributed by atoms with E-state index in [-0.39, 0.29) is 0 Å². The first-order valence-electron chi connectivity index (χ1n) is 6.14. The zero-order valence-corrected chi connectivity index (χ0v) is 11.2. The summed E-state index contributed by atoms with van der Waals surface area (Å²) in [6.45, 7) is 1.61. The highest BCUT2D eigenvalue weighted by atomic mass is 32.1. The van der Waals surface area contributed by atoms with Gasteiger partial charge in [-0.05, 0) is 23.7 Å². The normalized spacial score (nSPS) is 14.3. The molecule has 3 aromatic rings. The zero-order valence-electron chi connectivity index (χ0n) is 10.4. The molecule has 1 aliphatic rings. The van der Waals surface area contributed by atoms with E-state index in [1.165, 1.54) is 11.5 Å². The molecule has 0 unspecified atom stereocenters. The molecular formula is C13H10N4O2S. The minimum atomic E-state index is 0.717. The maximum atomic E-state index is 5.51. The van der Waals surface area contributed by atoms with Gasteiger partial charge in [0.05, 0.1) is 24.8 Å². The molecule has 0 aliphatic carbocycles. The Bertz CT molecular complexity index is 679. The van der Waals surface area contributed by atoms with Crippen molar-refractivity contribution in [1.29, 1.82) is 0 Å². The molecule has 4 heterocycles. The van der Waals surface area contributed by atoms with E-state index >= 15 is 0 Å². The highest BCUT2D eigenvalue weighted by Gasteiger charge is 2.25. The summed E-state index contributed by atoms with van der Waals surface area (Å²) in [5.74, 6) is 0.799. The van der Waals surface area contributed by atoms with Crippen molar-refractivity contribution >= 4 is 23.6 Å². The second-order valence-corrected chi connectivity index (χ2v) is 5.06. The molecule has 100 valence electrons. The first-order chi connectivity index (χ1) is 9.93. The number of rotatable bonds is 3. The van der Waals surface area contributed by atoms with Crippen LogP contribution >= 0.6 is 11.5 Å². The van der Waals surface area contributed by atoms with Crippen molar-refractivity contribution in [3.05, 3.63) is 30.7 Å². The molecule has 0 amide bonds. The summed E-state index contributed by atoms with van der Waals surface area (Å²) in [6, 6.07) is 5.60. The van der Waals surface area contributed by atoms with E-state index in [0.717, 1.165) is 35.1 Å². The van der Waals surface area contributed by atoms with Crippen molar-refractivity contribution in [3.63, 3.8) is 0 Å². The van der Waals surface area contributed by atoms with Crippen molar-refractivity contribution in [3.8, 4) is 22.0 Å². The van der Waals surface area contributed by atoms with Gasteiger partial charge in [-0.1, -0.05) is 5.16 Å². The van der Waals surface area contributed by atoms with E-state index in [4.69, 9.17) is 8.94 Å².